The summed E-state index contributed by atoms with van der Waals surface area (Å²) in [4.78, 5) is 16.1. The van der Waals surface area contributed by atoms with Crippen LogP contribution in [0.25, 0.3) is 0 Å². The van der Waals surface area contributed by atoms with Crippen molar-refractivity contribution >= 4 is 6.09 Å². The van der Waals surface area contributed by atoms with Crippen molar-refractivity contribution in [3.8, 4) is 0 Å². The van der Waals surface area contributed by atoms with E-state index in [1.165, 1.54) is 43.0 Å². The molecule has 4 bridgehead atoms. The van der Waals surface area contributed by atoms with Crippen LogP contribution in [0.15, 0.2) is 18.7 Å². The summed E-state index contributed by atoms with van der Waals surface area (Å²) in [6, 6.07) is 0. The molecule has 102 valence electrons. The maximum absolute atomic E-state index is 12.2. The van der Waals surface area contributed by atoms with Gasteiger partial charge in [-0.15, -0.1) is 0 Å². The number of aromatic nitrogens is 2. The molecule has 0 aromatic carbocycles. The number of imidazole rings is 1. The Hall–Kier alpha value is -1.32. The number of carbonyl (C=O) groups is 1. The molecule has 0 radical (unpaired) electrons. The van der Waals surface area contributed by atoms with Crippen molar-refractivity contribution in [1.82, 2.24) is 9.55 Å². The summed E-state index contributed by atoms with van der Waals surface area (Å²) in [5.41, 5.74) is -0.255. The summed E-state index contributed by atoms with van der Waals surface area (Å²) in [7, 11) is 0. The summed E-state index contributed by atoms with van der Waals surface area (Å²) < 4.78 is 7.38. The van der Waals surface area contributed by atoms with Gasteiger partial charge in [0.1, 0.15) is 11.9 Å². The van der Waals surface area contributed by atoms with Gasteiger partial charge in [-0.05, 0) is 62.7 Å². The fourth-order valence-electron chi connectivity index (χ4n) is 4.89. The van der Waals surface area contributed by atoms with Crippen LogP contribution in [0.4, 0.5) is 4.79 Å². The second kappa shape index (κ2) is 3.84. The van der Waals surface area contributed by atoms with Crippen LogP contribution in [0.2, 0.25) is 0 Å². The molecule has 4 heteroatoms. The predicted molar refractivity (Wildman–Crippen MR) is 69.6 cm³/mol. The standard InChI is InChI=1S/C15H20N2O2/c1-15(19-14(18)17-3-2-16-9-17)12-5-10-4-11(7-12)8-13(15)6-10/h2-3,9-13H,4-8H2,1H3. The first-order valence-corrected chi connectivity index (χ1v) is 7.36. The van der Waals surface area contributed by atoms with Crippen LogP contribution >= 0.6 is 0 Å². The lowest BCUT2D eigenvalue weighted by atomic mass is 9.50. The summed E-state index contributed by atoms with van der Waals surface area (Å²) in [6.07, 6.45) is 10.9. The number of hydrogen-bond donors (Lipinski definition) is 0. The SMILES string of the molecule is CC1(OC(=O)n2ccnc2)C2CC3CC(C2)CC1C3. The Balaban J connectivity index is 1.58. The molecule has 1 heterocycles. The maximum Gasteiger partial charge on any atom is 0.419 e. The molecule has 19 heavy (non-hydrogen) atoms. The molecule has 4 nitrogen and oxygen atoms in total. The Kier molecular flexibility index (Phi) is 2.32. The van der Waals surface area contributed by atoms with Gasteiger partial charge in [0.15, 0.2) is 0 Å². The first-order chi connectivity index (χ1) is 9.15. The predicted octanol–water partition coefficient (Wildman–Crippen LogP) is 3.08. The summed E-state index contributed by atoms with van der Waals surface area (Å²) in [5, 5.41) is 0. The van der Waals surface area contributed by atoms with Crippen molar-refractivity contribution in [3.63, 3.8) is 0 Å². The molecule has 0 atom stereocenters. The number of ether oxygens (including phenoxy) is 1. The molecule has 4 saturated carbocycles. The first kappa shape index (κ1) is 11.5. The molecule has 4 aliphatic rings. The zero-order valence-electron chi connectivity index (χ0n) is 11.3. The van der Waals surface area contributed by atoms with Gasteiger partial charge in [0.2, 0.25) is 0 Å². The summed E-state index contributed by atoms with van der Waals surface area (Å²) in [6.45, 7) is 2.16. The molecular formula is C15H20N2O2. The summed E-state index contributed by atoms with van der Waals surface area (Å²) in [5.74, 6) is 2.91. The monoisotopic (exact) mass is 260 g/mol. The van der Waals surface area contributed by atoms with Crippen LogP contribution in [0.3, 0.4) is 0 Å². The molecule has 0 unspecified atom stereocenters. The zero-order valence-corrected chi connectivity index (χ0v) is 11.3. The van der Waals surface area contributed by atoms with E-state index in [0.717, 1.165) is 11.8 Å². The molecule has 5 rings (SSSR count). The Morgan fingerprint density at radius 3 is 2.37 bits per heavy atom. The highest BCUT2D eigenvalue weighted by Crippen LogP contribution is 2.59. The van der Waals surface area contributed by atoms with Crippen LogP contribution in [0.1, 0.15) is 39.0 Å². The molecule has 4 aliphatic carbocycles. The van der Waals surface area contributed by atoms with E-state index in [9.17, 15) is 4.79 Å². The Labute approximate surface area is 113 Å². The number of rotatable bonds is 1. The third-order valence-electron chi connectivity index (χ3n) is 5.78. The van der Waals surface area contributed by atoms with E-state index in [0.29, 0.717) is 11.8 Å². The second-order valence-corrected chi connectivity index (χ2v) is 6.83. The topological polar surface area (TPSA) is 44.1 Å². The van der Waals surface area contributed by atoms with Crippen molar-refractivity contribution in [1.29, 1.82) is 0 Å². The minimum atomic E-state index is -0.271. The summed E-state index contributed by atoms with van der Waals surface area (Å²) >= 11 is 0. The van der Waals surface area contributed by atoms with Crippen molar-refractivity contribution < 1.29 is 9.53 Å². The first-order valence-electron chi connectivity index (χ1n) is 7.36. The van der Waals surface area contributed by atoms with E-state index in [1.54, 1.807) is 12.4 Å². The zero-order chi connectivity index (χ0) is 13.0. The van der Waals surface area contributed by atoms with E-state index in [-0.39, 0.29) is 11.7 Å². The molecule has 0 spiro atoms. The average molecular weight is 260 g/mol. The maximum atomic E-state index is 12.2. The number of nitrogens with zero attached hydrogens (tertiary/aromatic N) is 2. The van der Waals surface area contributed by atoms with E-state index in [1.807, 2.05) is 0 Å². The van der Waals surface area contributed by atoms with Gasteiger partial charge in [0.05, 0.1) is 0 Å². The van der Waals surface area contributed by atoms with Gasteiger partial charge in [-0.3, -0.25) is 0 Å². The van der Waals surface area contributed by atoms with Gasteiger partial charge in [0, 0.05) is 12.4 Å². The van der Waals surface area contributed by atoms with Crippen molar-refractivity contribution in [3.05, 3.63) is 18.7 Å². The average Bonchev–Trinajstić information content (AvgIpc) is 2.89. The van der Waals surface area contributed by atoms with Crippen LogP contribution in [-0.2, 0) is 4.74 Å². The molecule has 0 N–H and O–H groups in total. The van der Waals surface area contributed by atoms with Crippen LogP contribution in [0.5, 0.6) is 0 Å². The Morgan fingerprint density at radius 1 is 1.21 bits per heavy atom. The molecule has 1 aromatic rings. The largest absolute Gasteiger partial charge is 0.442 e. The quantitative estimate of drug-likeness (QED) is 0.779. The molecule has 0 aliphatic heterocycles. The van der Waals surface area contributed by atoms with Crippen LogP contribution < -0.4 is 0 Å². The fourth-order valence-corrected chi connectivity index (χ4v) is 4.89. The molecule has 4 fully saturated rings. The van der Waals surface area contributed by atoms with Gasteiger partial charge < -0.3 is 4.74 Å². The number of hydrogen-bond acceptors (Lipinski definition) is 3. The minimum Gasteiger partial charge on any atom is -0.442 e. The third kappa shape index (κ3) is 1.65. The van der Waals surface area contributed by atoms with E-state index in [2.05, 4.69) is 11.9 Å². The highest BCUT2D eigenvalue weighted by atomic mass is 16.6. The van der Waals surface area contributed by atoms with E-state index >= 15 is 0 Å². The molecule has 0 saturated heterocycles. The lowest BCUT2D eigenvalue weighted by Gasteiger charge is -2.58. The second-order valence-electron chi connectivity index (χ2n) is 6.83. The normalized spacial score (nSPS) is 43.4. The van der Waals surface area contributed by atoms with Gasteiger partial charge >= 0.3 is 6.09 Å². The lowest BCUT2D eigenvalue weighted by molar-refractivity contribution is -0.162. The van der Waals surface area contributed by atoms with E-state index in [4.69, 9.17) is 4.74 Å². The number of carbonyl (C=O) groups excluding carboxylic acids is 1. The highest BCUT2D eigenvalue weighted by molar-refractivity contribution is 5.70. The Bertz CT molecular complexity index is 466. The smallest absolute Gasteiger partial charge is 0.419 e. The van der Waals surface area contributed by atoms with E-state index < -0.39 is 0 Å². The third-order valence-corrected chi connectivity index (χ3v) is 5.78. The Morgan fingerprint density at radius 2 is 1.84 bits per heavy atom. The fraction of sp³-hybridized carbons (Fsp3) is 0.733. The van der Waals surface area contributed by atoms with Gasteiger partial charge in [0.25, 0.3) is 0 Å². The van der Waals surface area contributed by atoms with Crippen molar-refractivity contribution in [2.75, 3.05) is 0 Å². The van der Waals surface area contributed by atoms with Crippen LogP contribution in [0, 0.1) is 23.7 Å². The van der Waals surface area contributed by atoms with Crippen molar-refractivity contribution in [2.24, 2.45) is 23.7 Å². The lowest BCUT2D eigenvalue weighted by Crippen LogP contribution is -2.58. The van der Waals surface area contributed by atoms with Gasteiger partial charge in [-0.2, -0.15) is 0 Å². The van der Waals surface area contributed by atoms with Gasteiger partial charge in [-0.25, -0.2) is 14.3 Å². The molecule has 0 amide bonds. The molecule has 1 aromatic heterocycles. The molecular weight excluding hydrogens is 240 g/mol. The minimum absolute atomic E-state index is 0.255. The highest BCUT2D eigenvalue weighted by Gasteiger charge is 2.57. The van der Waals surface area contributed by atoms with Gasteiger partial charge in [-0.1, -0.05) is 0 Å². The van der Waals surface area contributed by atoms with Crippen LogP contribution in [-0.4, -0.2) is 21.2 Å². The van der Waals surface area contributed by atoms with Crippen molar-refractivity contribution in [2.45, 2.75) is 44.6 Å².